The number of imidazole rings is 1. The second-order valence-electron chi connectivity index (χ2n) is 3.82. The number of fused-ring (bicyclic) bond motifs is 1. The van der Waals surface area contributed by atoms with Crippen LogP contribution in [0, 0.1) is 18.4 Å². The summed E-state index contributed by atoms with van der Waals surface area (Å²) < 4.78 is 1.82. The van der Waals surface area contributed by atoms with Gasteiger partial charge in [0.25, 0.3) is 5.91 Å². The molecule has 6 heteroatoms. The smallest absolute Gasteiger partial charge is 0.277 e. The predicted molar refractivity (Wildman–Crippen MR) is 73.3 cm³/mol. The molecular weight excluding hydrogens is 242 g/mol. The van der Waals surface area contributed by atoms with Gasteiger partial charge >= 0.3 is 0 Å². The Bertz CT molecular complexity index is 538. The van der Waals surface area contributed by atoms with E-state index in [2.05, 4.69) is 16.9 Å². The number of hydrogen-bond donors (Lipinski definition) is 1. The van der Waals surface area contributed by atoms with E-state index in [1.165, 1.54) is 4.90 Å². The Balaban J connectivity index is 0.000000861. The van der Waals surface area contributed by atoms with Crippen LogP contribution in [-0.2, 0) is 6.54 Å². The minimum absolute atomic E-state index is 0.242. The molecule has 1 N–H and O–H groups in total. The van der Waals surface area contributed by atoms with Crippen molar-refractivity contribution in [1.29, 1.82) is 5.26 Å². The average Bonchev–Trinajstić information content (AvgIpc) is 2.70. The van der Waals surface area contributed by atoms with Crippen LogP contribution in [-0.4, -0.2) is 15.5 Å². The summed E-state index contributed by atoms with van der Waals surface area (Å²) in [6.07, 6.45) is 2.85. The lowest BCUT2D eigenvalue weighted by molar-refractivity contribution is 0.0952. The molecule has 0 saturated carbocycles. The summed E-state index contributed by atoms with van der Waals surface area (Å²) >= 11 is 0. The van der Waals surface area contributed by atoms with E-state index in [-0.39, 0.29) is 11.7 Å². The Kier molecular flexibility index (Phi) is 4.70. The van der Waals surface area contributed by atoms with Gasteiger partial charge in [0.15, 0.2) is 17.7 Å². The van der Waals surface area contributed by atoms with E-state index in [9.17, 15) is 4.79 Å². The van der Waals surface area contributed by atoms with Crippen molar-refractivity contribution in [2.24, 2.45) is 0 Å². The molecule has 0 aromatic carbocycles. The Labute approximate surface area is 113 Å². The van der Waals surface area contributed by atoms with Gasteiger partial charge in [-0.05, 0) is 13.3 Å². The number of amides is 1. The molecular formula is C13H19N5O. The number of anilines is 1. The van der Waals surface area contributed by atoms with Crippen LogP contribution in [0.15, 0.2) is 12.4 Å². The quantitative estimate of drug-likeness (QED) is 0.828. The molecule has 1 aliphatic heterocycles. The first kappa shape index (κ1) is 14.8. The minimum Gasteiger partial charge on any atom is -0.322 e. The number of rotatable bonds is 2. The van der Waals surface area contributed by atoms with Crippen LogP contribution in [0.2, 0.25) is 0 Å². The molecule has 0 aliphatic carbocycles. The van der Waals surface area contributed by atoms with E-state index >= 15 is 0 Å². The molecule has 1 aromatic heterocycles. The molecule has 1 aromatic rings. The predicted octanol–water partition coefficient (Wildman–Crippen LogP) is 2.13. The molecule has 102 valence electrons. The number of nitriles is 1. The summed E-state index contributed by atoms with van der Waals surface area (Å²) in [6.45, 7) is 12.2. The third-order valence-electron chi connectivity index (χ3n) is 2.64. The van der Waals surface area contributed by atoms with Gasteiger partial charge in [-0.3, -0.25) is 4.79 Å². The van der Waals surface area contributed by atoms with Crippen LogP contribution >= 0.6 is 0 Å². The summed E-state index contributed by atoms with van der Waals surface area (Å²) in [5.41, 5.74) is 0.429. The zero-order chi connectivity index (χ0) is 14.6. The van der Waals surface area contributed by atoms with Crippen LogP contribution in [0.3, 0.4) is 0 Å². The van der Waals surface area contributed by atoms with E-state index in [0.717, 1.165) is 12.2 Å². The lowest BCUT2D eigenvalue weighted by Gasteiger charge is -2.23. The van der Waals surface area contributed by atoms with E-state index in [1.54, 1.807) is 0 Å². The van der Waals surface area contributed by atoms with Crippen molar-refractivity contribution in [1.82, 2.24) is 14.9 Å². The van der Waals surface area contributed by atoms with Crippen molar-refractivity contribution >= 4 is 11.7 Å². The van der Waals surface area contributed by atoms with Crippen molar-refractivity contribution in [3.05, 3.63) is 23.9 Å². The third kappa shape index (κ3) is 2.45. The lowest BCUT2D eigenvalue weighted by atomic mass is 10.3. The first-order valence-corrected chi connectivity index (χ1v) is 6.37. The number of aromatic nitrogens is 2. The molecule has 0 fully saturated rings. The van der Waals surface area contributed by atoms with Crippen molar-refractivity contribution in [2.75, 3.05) is 4.90 Å². The maximum absolute atomic E-state index is 11.9. The normalized spacial score (nSPS) is 13.1. The molecule has 0 bridgehead atoms. The summed E-state index contributed by atoms with van der Waals surface area (Å²) in [5, 5.41) is 11.6. The summed E-state index contributed by atoms with van der Waals surface area (Å²) in [5.74, 6) is 1.07. The van der Waals surface area contributed by atoms with E-state index in [0.29, 0.717) is 18.1 Å². The summed E-state index contributed by atoms with van der Waals surface area (Å²) in [4.78, 5) is 17.4. The number of aryl methyl sites for hydroxylation is 1. The van der Waals surface area contributed by atoms with Gasteiger partial charge in [-0.1, -0.05) is 27.4 Å². The highest BCUT2D eigenvalue weighted by atomic mass is 16.2. The van der Waals surface area contributed by atoms with Crippen LogP contribution in [0.4, 0.5) is 5.82 Å². The van der Waals surface area contributed by atoms with E-state index < -0.39 is 0 Å². The standard InChI is InChI=1S/C11H13N5O.C2H6/c1-4-5-15-7(2)13-10-9(15)11(17)14-8(3)16(10)6-12;1-2/h3-5H2,1-2H3,(H,14,17);1-2H3. The highest BCUT2D eigenvalue weighted by molar-refractivity contribution is 6.01. The SMILES string of the molecule is C=C1NC(=O)c2c(nc(C)n2CCC)N1C#N.CC. The van der Waals surface area contributed by atoms with Gasteiger partial charge in [0, 0.05) is 6.54 Å². The highest BCUT2D eigenvalue weighted by Gasteiger charge is 2.32. The van der Waals surface area contributed by atoms with Gasteiger partial charge in [-0.15, -0.1) is 0 Å². The molecule has 2 rings (SSSR count). The average molecular weight is 261 g/mol. The Morgan fingerprint density at radius 2 is 2.11 bits per heavy atom. The fourth-order valence-electron chi connectivity index (χ4n) is 1.91. The van der Waals surface area contributed by atoms with E-state index in [4.69, 9.17) is 5.26 Å². The Morgan fingerprint density at radius 3 is 2.63 bits per heavy atom. The molecule has 6 nitrogen and oxygen atoms in total. The maximum Gasteiger partial charge on any atom is 0.277 e. The zero-order valence-corrected chi connectivity index (χ0v) is 11.8. The number of carbonyl (C=O) groups excluding carboxylic acids is 1. The van der Waals surface area contributed by atoms with Crippen LogP contribution < -0.4 is 10.2 Å². The van der Waals surface area contributed by atoms with Gasteiger partial charge < -0.3 is 9.88 Å². The topological polar surface area (TPSA) is 74.0 Å². The number of carbonyl (C=O) groups is 1. The molecule has 1 amide bonds. The van der Waals surface area contributed by atoms with Crippen molar-refractivity contribution in [2.45, 2.75) is 40.7 Å². The van der Waals surface area contributed by atoms with Gasteiger partial charge in [-0.25, -0.2) is 9.88 Å². The fourth-order valence-corrected chi connectivity index (χ4v) is 1.91. The molecule has 19 heavy (non-hydrogen) atoms. The zero-order valence-electron chi connectivity index (χ0n) is 11.8. The first-order chi connectivity index (χ1) is 9.10. The molecule has 0 spiro atoms. The van der Waals surface area contributed by atoms with Crippen molar-refractivity contribution < 1.29 is 4.79 Å². The van der Waals surface area contributed by atoms with Gasteiger partial charge in [0.2, 0.25) is 0 Å². The Hall–Kier alpha value is -2.29. The number of hydrogen-bond acceptors (Lipinski definition) is 4. The van der Waals surface area contributed by atoms with Crippen LogP contribution in [0.5, 0.6) is 0 Å². The van der Waals surface area contributed by atoms with Crippen molar-refractivity contribution in [3.63, 3.8) is 0 Å². The number of nitrogens with one attached hydrogen (secondary N) is 1. The third-order valence-corrected chi connectivity index (χ3v) is 2.64. The molecule has 1 aliphatic rings. The van der Waals surface area contributed by atoms with Gasteiger partial charge in [0.05, 0.1) is 0 Å². The summed E-state index contributed by atoms with van der Waals surface area (Å²) in [7, 11) is 0. The monoisotopic (exact) mass is 261 g/mol. The molecule has 0 radical (unpaired) electrons. The van der Waals surface area contributed by atoms with Gasteiger partial charge in [-0.2, -0.15) is 5.26 Å². The second kappa shape index (κ2) is 6.05. The van der Waals surface area contributed by atoms with Gasteiger partial charge in [0.1, 0.15) is 11.6 Å². The maximum atomic E-state index is 11.9. The lowest BCUT2D eigenvalue weighted by Crippen LogP contribution is -2.39. The van der Waals surface area contributed by atoms with Crippen LogP contribution in [0.1, 0.15) is 43.5 Å². The Morgan fingerprint density at radius 1 is 1.47 bits per heavy atom. The first-order valence-electron chi connectivity index (χ1n) is 6.37. The highest BCUT2D eigenvalue weighted by Crippen LogP contribution is 2.27. The minimum atomic E-state index is -0.259. The van der Waals surface area contributed by atoms with E-state index in [1.807, 2.05) is 38.5 Å². The molecule has 2 heterocycles. The van der Waals surface area contributed by atoms with Crippen LogP contribution in [0.25, 0.3) is 0 Å². The second-order valence-corrected chi connectivity index (χ2v) is 3.82. The largest absolute Gasteiger partial charge is 0.322 e. The molecule has 0 saturated heterocycles. The molecule has 0 unspecified atom stereocenters. The molecule has 0 atom stereocenters. The van der Waals surface area contributed by atoms with Crippen molar-refractivity contribution in [3.8, 4) is 6.19 Å². The fraction of sp³-hybridized carbons (Fsp3) is 0.462. The number of nitrogens with zero attached hydrogens (tertiary/aromatic N) is 4. The summed E-state index contributed by atoms with van der Waals surface area (Å²) in [6, 6.07) is 0.